The van der Waals surface area contributed by atoms with Crippen LogP contribution < -0.4 is 10.2 Å². The highest BCUT2D eigenvalue weighted by Crippen LogP contribution is 2.27. The minimum atomic E-state index is -0.689. The van der Waals surface area contributed by atoms with Crippen molar-refractivity contribution in [3.8, 4) is 0 Å². The molecule has 0 bridgehead atoms. The van der Waals surface area contributed by atoms with E-state index in [0.717, 1.165) is 25.7 Å². The Morgan fingerprint density at radius 1 is 1.24 bits per heavy atom. The molecule has 0 radical (unpaired) electrons. The van der Waals surface area contributed by atoms with Gasteiger partial charge in [0, 0.05) is 19.0 Å². The summed E-state index contributed by atoms with van der Waals surface area (Å²) in [5.41, 5.74) is 0.154. The number of esters is 1. The SMILES string of the molecule is O=C(COC(=O)[C@@H]1CC(=O)N(c2ccccc2F)C1)NC1CCCC1. The molecule has 6 nitrogen and oxygen atoms in total. The normalized spacial score (nSPS) is 20.8. The van der Waals surface area contributed by atoms with E-state index in [1.165, 1.54) is 23.1 Å². The molecule has 1 saturated heterocycles. The van der Waals surface area contributed by atoms with Crippen molar-refractivity contribution in [1.29, 1.82) is 0 Å². The summed E-state index contributed by atoms with van der Waals surface area (Å²) in [6.45, 7) is -0.289. The van der Waals surface area contributed by atoms with Crippen LogP contribution in [0.1, 0.15) is 32.1 Å². The van der Waals surface area contributed by atoms with Crippen LogP contribution in [0, 0.1) is 11.7 Å². The average molecular weight is 348 g/mol. The van der Waals surface area contributed by atoms with Crippen molar-refractivity contribution in [2.24, 2.45) is 5.92 Å². The molecular formula is C18H21FN2O4. The highest BCUT2D eigenvalue weighted by molar-refractivity contribution is 5.99. The van der Waals surface area contributed by atoms with Crippen molar-refractivity contribution in [2.45, 2.75) is 38.1 Å². The van der Waals surface area contributed by atoms with E-state index in [1.54, 1.807) is 6.07 Å². The Morgan fingerprint density at radius 2 is 1.96 bits per heavy atom. The van der Waals surface area contributed by atoms with Crippen molar-refractivity contribution < 1.29 is 23.5 Å². The minimum absolute atomic E-state index is 0.0442. The topological polar surface area (TPSA) is 75.7 Å². The summed E-state index contributed by atoms with van der Waals surface area (Å²) in [6.07, 6.45) is 4.06. The summed E-state index contributed by atoms with van der Waals surface area (Å²) in [6, 6.07) is 6.09. The molecule has 1 atom stereocenters. The third kappa shape index (κ3) is 4.15. The number of rotatable bonds is 5. The quantitative estimate of drug-likeness (QED) is 0.823. The molecule has 0 spiro atoms. The number of nitrogens with one attached hydrogen (secondary N) is 1. The molecule has 2 fully saturated rings. The number of amides is 2. The second kappa shape index (κ2) is 7.63. The number of carbonyl (C=O) groups excluding carboxylic acids is 3. The zero-order chi connectivity index (χ0) is 17.8. The Labute approximate surface area is 145 Å². The van der Waals surface area contributed by atoms with Crippen LogP contribution in [0.3, 0.4) is 0 Å². The van der Waals surface area contributed by atoms with E-state index in [2.05, 4.69) is 5.32 Å². The summed E-state index contributed by atoms with van der Waals surface area (Å²) in [5, 5.41) is 2.83. The van der Waals surface area contributed by atoms with E-state index < -0.39 is 17.7 Å². The molecule has 25 heavy (non-hydrogen) atoms. The molecule has 0 unspecified atom stereocenters. The van der Waals surface area contributed by atoms with Crippen LogP contribution >= 0.6 is 0 Å². The van der Waals surface area contributed by atoms with Crippen molar-refractivity contribution in [3.05, 3.63) is 30.1 Å². The predicted octanol–water partition coefficient (Wildman–Crippen LogP) is 1.78. The van der Waals surface area contributed by atoms with Gasteiger partial charge in [0.1, 0.15) is 5.82 Å². The summed E-state index contributed by atoms with van der Waals surface area (Å²) < 4.78 is 18.9. The Kier molecular flexibility index (Phi) is 5.31. The average Bonchev–Trinajstić information content (AvgIpc) is 3.23. The van der Waals surface area contributed by atoms with E-state index >= 15 is 0 Å². The van der Waals surface area contributed by atoms with Crippen LogP contribution in [-0.4, -0.2) is 37.0 Å². The lowest BCUT2D eigenvalue weighted by Crippen LogP contribution is -2.36. The predicted molar refractivity (Wildman–Crippen MR) is 88.2 cm³/mol. The summed E-state index contributed by atoms with van der Waals surface area (Å²) in [5.74, 6) is -2.46. The number of hydrogen-bond donors (Lipinski definition) is 1. The van der Waals surface area contributed by atoms with Crippen LogP contribution in [-0.2, 0) is 19.1 Å². The third-order valence-electron chi connectivity index (χ3n) is 4.67. The maximum Gasteiger partial charge on any atom is 0.311 e. The van der Waals surface area contributed by atoms with Gasteiger partial charge in [-0.2, -0.15) is 0 Å². The van der Waals surface area contributed by atoms with Gasteiger partial charge in [0.05, 0.1) is 11.6 Å². The van der Waals surface area contributed by atoms with Crippen LogP contribution in [0.4, 0.5) is 10.1 Å². The molecule has 1 heterocycles. The lowest BCUT2D eigenvalue weighted by Gasteiger charge is -2.17. The van der Waals surface area contributed by atoms with Crippen LogP contribution in [0.25, 0.3) is 0 Å². The molecule has 1 aromatic rings. The van der Waals surface area contributed by atoms with Crippen molar-refractivity contribution in [3.63, 3.8) is 0 Å². The van der Waals surface area contributed by atoms with Gasteiger partial charge < -0.3 is 15.0 Å². The lowest BCUT2D eigenvalue weighted by atomic mass is 10.1. The van der Waals surface area contributed by atoms with Crippen LogP contribution in [0.5, 0.6) is 0 Å². The molecule has 1 aliphatic heterocycles. The lowest BCUT2D eigenvalue weighted by molar-refractivity contribution is -0.152. The molecule has 2 amide bonds. The standard InChI is InChI=1S/C18H21FN2O4/c19-14-7-3-4-8-15(14)21-10-12(9-17(21)23)18(24)25-11-16(22)20-13-5-1-2-6-13/h3-4,7-8,12-13H,1-2,5-6,9-11H2,(H,20,22)/t12-/m1/s1. The summed E-state index contributed by atoms with van der Waals surface area (Å²) >= 11 is 0. The molecule has 1 aromatic carbocycles. The van der Waals surface area contributed by atoms with Gasteiger partial charge in [0.25, 0.3) is 5.91 Å². The summed E-state index contributed by atoms with van der Waals surface area (Å²) in [7, 11) is 0. The smallest absolute Gasteiger partial charge is 0.311 e. The first-order valence-corrected chi connectivity index (χ1v) is 8.55. The van der Waals surface area contributed by atoms with Crippen molar-refractivity contribution >= 4 is 23.5 Å². The Hall–Kier alpha value is -2.44. The van der Waals surface area contributed by atoms with Gasteiger partial charge in [-0.3, -0.25) is 14.4 Å². The number of carbonyl (C=O) groups is 3. The fourth-order valence-corrected chi connectivity index (χ4v) is 3.36. The first-order valence-electron chi connectivity index (χ1n) is 8.55. The molecule has 7 heteroatoms. The number of benzene rings is 1. The number of anilines is 1. The fourth-order valence-electron chi connectivity index (χ4n) is 3.36. The van der Waals surface area contributed by atoms with E-state index in [1.807, 2.05) is 0 Å². The number of nitrogens with zero attached hydrogens (tertiary/aromatic N) is 1. The number of ether oxygens (including phenoxy) is 1. The fraction of sp³-hybridized carbons (Fsp3) is 0.500. The minimum Gasteiger partial charge on any atom is -0.455 e. The molecule has 1 N–H and O–H groups in total. The molecule has 1 saturated carbocycles. The maximum absolute atomic E-state index is 13.8. The molecular weight excluding hydrogens is 327 g/mol. The van der Waals surface area contributed by atoms with E-state index in [4.69, 9.17) is 4.74 Å². The molecule has 3 rings (SSSR count). The van der Waals surface area contributed by atoms with Gasteiger partial charge in [-0.05, 0) is 25.0 Å². The zero-order valence-electron chi connectivity index (χ0n) is 13.9. The van der Waals surface area contributed by atoms with Crippen molar-refractivity contribution in [2.75, 3.05) is 18.1 Å². The highest BCUT2D eigenvalue weighted by Gasteiger charge is 2.37. The Morgan fingerprint density at radius 3 is 2.68 bits per heavy atom. The van der Waals surface area contributed by atoms with Crippen LogP contribution in [0.15, 0.2) is 24.3 Å². The van der Waals surface area contributed by atoms with Gasteiger partial charge in [-0.15, -0.1) is 0 Å². The van der Waals surface area contributed by atoms with E-state index in [9.17, 15) is 18.8 Å². The monoisotopic (exact) mass is 348 g/mol. The van der Waals surface area contributed by atoms with Gasteiger partial charge in [-0.25, -0.2) is 4.39 Å². The van der Waals surface area contributed by atoms with Gasteiger partial charge in [0.2, 0.25) is 5.91 Å². The van der Waals surface area contributed by atoms with Gasteiger partial charge in [0.15, 0.2) is 6.61 Å². The Balaban J connectivity index is 1.50. The van der Waals surface area contributed by atoms with Gasteiger partial charge >= 0.3 is 5.97 Å². The first-order chi connectivity index (χ1) is 12.0. The number of halogens is 1. The third-order valence-corrected chi connectivity index (χ3v) is 4.67. The van der Waals surface area contributed by atoms with Crippen LogP contribution in [0.2, 0.25) is 0 Å². The van der Waals surface area contributed by atoms with E-state index in [-0.39, 0.29) is 43.1 Å². The number of hydrogen-bond acceptors (Lipinski definition) is 4. The molecule has 1 aliphatic carbocycles. The largest absolute Gasteiger partial charge is 0.455 e. The van der Waals surface area contributed by atoms with Gasteiger partial charge in [-0.1, -0.05) is 25.0 Å². The van der Waals surface area contributed by atoms with Crippen molar-refractivity contribution in [1.82, 2.24) is 5.32 Å². The Bertz CT molecular complexity index is 673. The highest BCUT2D eigenvalue weighted by atomic mass is 19.1. The second-order valence-electron chi connectivity index (χ2n) is 6.51. The number of para-hydroxylation sites is 1. The second-order valence-corrected chi connectivity index (χ2v) is 6.51. The molecule has 0 aromatic heterocycles. The summed E-state index contributed by atoms with van der Waals surface area (Å²) in [4.78, 5) is 37.2. The van der Waals surface area contributed by atoms with E-state index in [0.29, 0.717) is 0 Å². The molecule has 134 valence electrons. The zero-order valence-corrected chi connectivity index (χ0v) is 13.9. The first kappa shape index (κ1) is 17.4. The maximum atomic E-state index is 13.8. The molecule has 2 aliphatic rings.